The summed E-state index contributed by atoms with van der Waals surface area (Å²) in [6.07, 6.45) is 2.87. The summed E-state index contributed by atoms with van der Waals surface area (Å²) in [7, 11) is 1.51. The molecule has 138 valence electrons. The molecule has 0 bridgehead atoms. The summed E-state index contributed by atoms with van der Waals surface area (Å²) >= 11 is 0. The maximum atomic E-state index is 11.9. The predicted octanol–water partition coefficient (Wildman–Crippen LogP) is 1.90. The van der Waals surface area contributed by atoms with Gasteiger partial charge in [-0.05, 0) is 29.3 Å². The quantitative estimate of drug-likeness (QED) is 0.591. The molecule has 1 aromatic heterocycles. The first kappa shape index (κ1) is 18.2. The second-order valence-electron chi connectivity index (χ2n) is 5.66. The number of hydrogen-bond acceptors (Lipinski definition) is 6. The van der Waals surface area contributed by atoms with E-state index in [1.54, 1.807) is 18.3 Å². The Labute approximate surface area is 155 Å². The summed E-state index contributed by atoms with van der Waals surface area (Å²) in [6.45, 7) is 0.348. The van der Waals surface area contributed by atoms with E-state index in [2.05, 4.69) is 10.3 Å². The van der Waals surface area contributed by atoms with Gasteiger partial charge in [-0.15, -0.1) is 0 Å². The van der Waals surface area contributed by atoms with Gasteiger partial charge in [-0.2, -0.15) is 0 Å². The standard InChI is InChI=1S/C19H18N4O4/c1-26-17-13(15-9-22-10-27-15)5-6-14(23-19(25)18(21)24)16(17)12-4-2-3-11(7-12)8-20/h2-7,9-10H,8,20H2,1H3,(H2,21,24)(H,23,25). The zero-order chi connectivity index (χ0) is 19.4. The van der Waals surface area contributed by atoms with E-state index in [4.69, 9.17) is 20.6 Å². The fourth-order valence-electron chi connectivity index (χ4n) is 2.77. The Bertz CT molecular complexity index is 983. The van der Waals surface area contributed by atoms with Crippen molar-refractivity contribution in [3.8, 4) is 28.2 Å². The molecule has 5 N–H and O–H groups in total. The lowest BCUT2D eigenvalue weighted by Gasteiger charge is -2.18. The number of ether oxygens (including phenoxy) is 1. The highest BCUT2D eigenvalue weighted by Crippen LogP contribution is 2.43. The van der Waals surface area contributed by atoms with Crippen LogP contribution < -0.4 is 21.5 Å². The number of nitrogens with zero attached hydrogens (tertiary/aromatic N) is 1. The average molecular weight is 366 g/mol. The van der Waals surface area contributed by atoms with Crippen molar-refractivity contribution in [3.63, 3.8) is 0 Å². The molecule has 3 rings (SSSR count). The van der Waals surface area contributed by atoms with Crippen LogP contribution in [0.4, 0.5) is 5.69 Å². The van der Waals surface area contributed by atoms with E-state index in [9.17, 15) is 9.59 Å². The van der Waals surface area contributed by atoms with Gasteiger partial charge in [0, 0.05) is 12.1 Å². The molecule has 0 aliphatic rings. The Morgan fingerprint density at radius 1 is 1.26 bits per heavy atom. The van der Waals surface area contributed by atoms with Crippen LogP contribution in [0.5, 0.6) is 5.75 Å². The van der Waals surface area contributed by atoms with Crippen LogP contribution in [0.1, 0.15) is 5.56 Å². The van der Waals surface area contributed by atoms with E-state index >= 15 is 0 Å². The topological polar surface area (TPSA) is 133 Å². The SMILES string of the molecule is COc1c(-c2cnco2)ccc(NC(=O)C(N)=O)c1-c1cccc(CN)c1. The number of nitrogens with two attached hydrogens (primary N) is 2. The minimum absolute atomic E-state index is 0.348. The highest BCUT2D eigenvalue weighted by molar-refractivity contribution is 6.39. The van der Waals surface area contributed by atoms with Crippen LogP contribution in [-0.4, -0.2) is 23.9 Å². The average Bonchev–Trinajstić information content (AvgIpc) is 3.21. The smallest absolute Gasteiger partial charge is 0.313 e. The van der Waals surface area contributed by atoms with Crippen molar-refractivity contribution in [2.24, 2.45) is 11.5 Å². The summed E-state index contributed by atoms with van der Waals surface area (Å²) in [6, 6.07) is 10.8. The zero-order valence-corrected chi connectivity index (χ0v) is 14.6. The largest absolute Gasteiger partial charge is 0.495 e. The second kappa shape index (κ2) is 7.71. The summed E-state index contributed by atoms with van der Waals surface area (Å²) < 4.78 is 11.0. The van der Waals surface area contributed by atoms with Crippen molar-refractivity contribution in [2.75, 3.05) is 12.4 Å². The van der Waals surface area contributed by atoms with Gasteiger partial charge >= 0.3 is 11.8 Å². The number of nitrogens with one attached hydrogen (secondary N) is 1. The van der Waals surface area contributed by atoms with Crippen molar-refractivity contribution in [2.45, 2.75) is 6.54 Å². The Balaban J connectivity index is 2.25. The van der Waals surface area contributed by atoms with Crippen molar-refractivity contribution < 1.29 is 18.7 Å². The Hall–Kier alpha value is -3.65. The van der Waals surface area contributed by atoms with Crippen molar-refractivity contribution in [1.82, 2.24) is 4.98 Å². The third-order valence-electron chi connectivity index (χ3n) is 3.98. The number of oxazole rings is 1. The number of methoxy groups -OCH3 is 1. The number of rotatable bonds is 5. The molecule has 0 saturated carbocycles. The fraction of sp³-hybridized carbons (Fsp3) is 0.105. The van der Waals surface area contributed by atoms with Gasteiger partial charge in [-0.3, -0.25) is 9.59 Å². The highest BCUT2D eigenvalue weighted by atomic mass is 16.5. The number of carbonyl (C=O) groups is 2. The molecule has 3 aromatic rings. The Kier molecular flexibility index (Phi) is 5.18. The number of aromatic nitrogens is 1. The van der Waals surface area contributed by atoms with Crippen molar-refractivity contribution >= 4 is 17.5 Å². The van der Waals surface area contributed by atoms with Crippen LogP contribution in [0.2, 0.25) is 0 Å². The summed E-state index contributed by atoms with van der Waals surface area (Å²) in [5, 5.41) is 2.52. The lowest BCUT2D eigenvalue weighted by atomic mass is 9.96. The van der Waals surface area contributed by atoms with E-state index < -0.39 is 11.8 Å². The molecule has 0 fully saturated rings. The molecule has 0 radical (unpaired) electrons. The van der Waals surface area contributed by atoms with Crippen LogP contribution in [0.3, 0.4) is 0 Å². The van der Waals surface area contributed by atoms with Crippen molar-refractivity contribution in [1.29, 1.82) is 0 Å². The van der Waals surface area contributed by atoms with E-state index in [0.29, 0.717) is 34.9 Å². The Morgan fingerprint density at radius 2 is 2.07 bits per heavy atom. The van der Waals surface area contributed by atoms with Crippen LogP contribution in [0.15, 0.2) is 53.4 Å². The third kappa shape index (κ3) is 3.65. The van der Waals surface area contributed by atoms with Gasteiger partial charge < -0.3 is 25.9 Å². The molecular weight excluding hydrogens is 348 g/mol. The lowest BCUT2D eigenvalue weighted by Crippen LogP contribution is -2.29. The molecule has 2 aromatic carbocycles. The van der Waals surface area contributed by atoms with Gasteiger partial charge in [0.1, 0.15) is 5.75 Å². The summed E-state index contributed by atoms with van der Waals surface area (Å²) in [4.78, 5) is 27.0. The number of amides is 2. The zero-order valence-electron chi connectivity index (χ0n) is 14.6. The molecule has 1 heterocycles. The fourth-order valence-corrected chi connectivity index (χ4v) is 2.77. The highest BCUT2D eigenvalue weighted by Gasteiger charge is 2.21. The first-order valence-electron chi connectivity index (χ1n) is 8.05. The maximum Gasteiger partial charge on any atom is 0.313 e. The summed E-state index contributed by atoms with van der Waals surface area (Å²) in [5.74, 6) is -1.07. The first-order chi connectivity index (χ1) is 13.0. The number of carbonyl (C=O) groups excluding carboxylic acids is 2. The maximum absolute atomic E-state index is 11.9. The molecule has 8 heteroatoms. The predicted molar refractivity (Wildman–Crippen MR) is 99.6 cm³/mol. The normalized spacial score (nSPS) is 10.4. The molecule has 0 unspecified atom stereocenters. The molecule has 0 atom stereocenters. The second-order valence-corrected chi connectivity index (χ2v) is 5.66. The van der Waals surface area contributed by atoms with Gasteiger partial charge in [0.15, 0.2) is 12.2 Å². The van der Waals surface area contributed by atoms with E-state index in [0.717, 1.165) is 11.1 Å². The van der Waals surface area contributed by atoms with Gasteiger partial charge in [-0.1, -0.05) is 18.2 Å². The van der Waals surface area contributed by atoms with Gasteiger partial charge in [0.2, 0.25) is 0 Å². The molecule has 0 aliphatic carbocycles. The molecular formula is C19H18N4O4. The number of hydrogen-bond donors (Lipinski definition) is 3. The lowest BCUT2D eigenvalue weighted by molar-refractivity contribution is -0.134. The van der Waals surface area contributed by atoms with Crippen molar-refractivity contribution in [3.05, 3.63) is 54.6 Å². The van der Waals surface area contributed by atoms with Gasteiger partial charge in [0.25, 0.3) is 0 Å². The minimum Gasteiger partial charge on any atom is -0.495 e. The third-order valence-corrected chi connectivity index (χ3v) is 3.98. The van der Waals surface area contributed by atoms with Gasteiger partial charge in [0.05, 0.1) is 24.6 Å². The number of anilines is 1. The molecule has 8 nitrogen and oxygen atoms in total. The van der Waals surface area contributed by atoms with E-state index in [-0.39, 0.29) is 0 Å². The van der Waals surface area contributed by atoms with E-state index in [1.165, 1.54) is 13.5 Å². The van der Waals surface area contributed by atoms with Crippen LogP contribution in [0.25, 0.3) is 22.5 Å². The monoisotopic (exact) mass is 366 g/mol. The molecule has 2 amide bonds. The molecule has 0 aliphatic heterocycles. The van der Waals surface area contributed by atoms with E-state index in [1.807, 2.05) is 24.3 Å². The Morgan fingerprint density at radius 3 is 2.70 bits per heavy atom. The molecule has 0 saturated heterocycles. The number of primary amides is 1. The van der Waals surface area contributed by atoms with Gasteiger partial charge in [-0.25, -0.2) is 4.98 Å². The molecule has 27 heavy (non-hydrogen) atoms. The number of benzene rings is 2. The van der Waals surface area contributed by atoms with Crippen LogP contribution in [-0.2, 0) is 16.1 Å². The summed E-state index contributed by atoms with van der Waals surface area (Å²) in [5.41, 5.74) is 14.0. The minimum atomic E-state index is -1.09. The van der Waals surface area contributed by atoms with Crippen LogP contribution >= 0.6 is 0 Å². The first-order valence-corrected chi connectivity index (χ1v) is 8.05. The molecule has 0 spiro atoms. The van der Waals surface area contributed by atoms with Crippen LogP contribution in [0, 0.1) is 0 Å².